The maximum atomic E-state index is 13.4. The number of nitrogens with zero attached hydrogens (tertiary/aromatic N) is 1. The van der Waals surface area contributed by atoms with Crippen molar-refractivity contribution in [3.05, 3.63) is 59.1 Å². The first-order valence-corrected chi connectivity index (χ1v) is 10.3. The molecule has 30 heavy (non-hydrogen) atoms. The zero-order valence-electron chi connectivity index (χ0n) is 16.4. The van der Waals surface area contributed by atoms with Crippen LogP contribution in [-0.2, 0) is 16.0 Å². The molecular formula is C22H23ClFN3O3. The van der Waals surface area contributed by atoms with Gasteiger partial charge >= 0.3 is 0 Å². The van der Waals surface area contributed by atoms with Crippen LogP contribution in [0.2, 0.25) is 5.02 Å². The molecule has 3 aliphatic carbocycles. The third-order valence-corrected chi connectivity index (χ3v) is 6.11. The number of hydrogen-bond donors (Lipinski definition) is 2. The molecule has 0 aliphatic heterocycles. The summed E-state index contributed by atoms with van der Waals surface area (Å²) in [7, 11) is 0. The van der Waals surface area contributed by atoms with Gasteiger partial charge in [-0.1, -0.05) is 17.7 Å². The standard InChI is InChI=1S/C22H23ClFN3O3/c23-17-7-6-16(10-18(17)24)30-11-19(28)27-22-12-21(13-22,14-22)20(29)26-9-3-5-15-4-1-2-8-25-15/h1-2,4,6-8,10H,3,5,9,11-14H2,(H,26,29)(H,27,28). The summed E-state index contributed by atoms with van der Waals surface area (Å²) in [6.07, 6.45) is 5.37. The van der Waals surface area contributed by atoms with Crippen molar-refractivity contribution in [2.45, 2.75) is 37.6 Å². The van der Waals surface area contributed by atoms with Gasteiger partial charge in [-0.3, -0.25) is 14.6 Å². The molecule has 0 unspecified atom stereocenters. The largest absolute Gasteiger partial charge is 0.484 e. The van der Waals surface area contributed by atoms with Crippen molar-refractivity contribution in [3.63, 3.8) is 0 Å². The molecule has 2 aromatic rings. The van der Waals surface area contributed by atoms with Gasteiger partial charge in [0, 0.05) is 30.0 Å². The van der Waals surface area contributed by atoms with Gasteiger partial charge in [0.25, 0.3) is 5.91 Å². The average molecular weight is 432 g/mol. The number of carbonyl (C=O) groups excluding carboxylic acids is 2. The van der Waals surface area contributed by atoms with Crippen molar-refractivity contribution >= 4 is 23.4 Å². The highest BCUT2D eigenvalue weighted by atomic mass is 35.5. The number of amides is 2. The van der Waals surface area contributed by atoms with Crippen LogP contribution in [-0.4, -0.2) is 35.5 Å². The fourth-order valence-corrected chi connectivity index (χ4v) is 4.53. The van der Waals surface area contributed by atoms with Gasteiger partial charge in [0.2, 0.25) is 5.91 Å². The molecule has 8 heteroatoms. The second-order valence-corrected chi connectivity index (χ2v) is 8.59. The lowest BCUT2D eigenvalue weighted by molar-refractivity contribution is -0.183. The average Bonchev–Trinajstić information content (AvgIpc) is 2.68. The summed E-state index contributed by atoms with van der Waals surface area (Å²) in [6, 6.07) is 9.84. The predicted molar refractivity (Wildman–Crippen MR) is 110 cm³/mol. The first kappa shape index (κ1) is 20.6. The van der Waals surface area contributed by atoms with Gasteiger partial charge in [0.15, 0.2) is 6.61 Å². The van der Waals surface area contributed by atoms with E-state index in [1.165, 1.54) is 12.1 Å². The van der Waals surface area contributed by atoms with Gasteiger partial charge in [0.1, 0.15) is 11.6 Å². The van der Waals surface area contributed by atoms with Gasteiger partial charge < -0.3 is 15.4 Å². The number of pyridine rings is 1. The fourth-order valence-electron chi connectivity index (χ4n) is 4.41. The molecule has 2 amide bonds. The molecule has 5 rings (SSSR count). The summed E-state index contributed by atoms with van der Waals surface area (Å²) in [5.74, 6) is -0.574. The van der Waals surface area contributed by atoms with Crippen molar-refractivity contribution in [1.82, 2.24) is 15.6 Å². The second kappa shape index (κ2) is 8.22. The van der Waals surface area contributed by atoms with E-state index in [1.807, 2.05) is 18.2 Å². The van der Waals surface area contributed by atoms with Crippen LogP contribution in [0, 0.1) is 11.2 Å². The Morgan fingerprint density at radius 1 is 1.20 bits per heavy atom. The van der Waals surface area contributed by atoms with E-state index < -0.39 is 5.82 Å². The number of ether oxygens (including phenoxy) is 1. The maximum absolute atomic E-state index is 13.4. The maximum Gasteiger partial charge on any atom is 0.258 e. The monoisotopic (exact) mass is 431 g/mol. The minimum atomic E-state index is -0.595. The lowest BCUT2D eigenvalue weighted by Crippen LogP contribution is -2.78. The molecule has 6 nitrogen and oxygen atoms in total. The molecule has 3 saturated carbocycles. The van der Waals surface area contributed by atoms with E-state index in [9.17, 15) is 14.0 Å². The highest BCUT2D eigenvalue weighted by molar-refractivity contribution is 6.30. The van der Waals surface area contributed by atoms with Crippen LogP contribution in [0.3, 0.4) is 0 Å². The Morgan fingerprint density at radius 3 is 2.70 bits per heavy atom. The first-order chi connectivity index (χ1) is 14.4. The summed E-state index contributed by atoms with van der Waals surface area (Å²) in [5.41, 5.74) is 0.359. The van der Waals surface area contributed by atoms with E-state index in [-0.39, 0.29) is 40.1 Å². The Hall–Kier alpha value is -2.67. The van der Waals surface area contributed by atoms with Gasteiger partial charge in [-0.05, 0) is 56.4 Å². The normalized spacial score (nSPS) is 23.7. The Labute approximate surface area is 179 Å². The summed E-state index contributed by atoms with van der Waals surface area (Å²) in [4.78, 5) is 28.9. The number of rotatable bonds is 9. The highest BCUT2D eigenvalue weighted by Gasteiger charge is 2.72. The zero-order chi connectivity index (χ0) is 21.2. The lowest BCUT2D eigenvalue weighted by atomic mass is 9.39. The fraction of sp³-hybridized carbons (Fsp3) is 0.409. The SMILES string of the molecule is O=C(COc1ccc(Cl)c(F)c1)NC12CC(C(=O)NCCCc3ccccn3)(C1)C2. The second-order valence-electron chi connectivity index (χ2n) is 8.18. The first-order valence-electron chi connectivity index (χ1n) is 9.97. The third-order valence-electron chi connectivity index (χ3n) is 5.80. The molecule has 2 bridgehead atoms. The predicted octanol–water partition coefficient (Wildman–Crippen LogP) is 3.04. The number of aromatic nitrogens is 1. The molecule has 158 valence electrons. The van der Waals surface area contributed by atoms with E-state index in [2.05, 4.69) is 15.6 Å². The molecule has 2 N–H and O–H groups in total. The van der Waals surface area contributed by atoms with Gasteiger partial charge in [0.05, 0.1) is 10.4 Å². The molecule has 1 aromatic carbocycles. The molecular weight excluding hydrogens is 409 g/mol. The Balaban J connectivity index is 1.15. The minimum absolute atomic E-state index is 0.000903. The number of carbonyl (C=O) groups is 2. The minimum Gasteiger partial charge on any atom is -0.484 e. The van der Waals surface area contributed by atoms with Gasteiger partial charge in [-0.15, -0.1) is 0 Å². The number of nitrogens with one attached hydrogen (secondary N) is 2. The number of halogens is 2. The van der Waals surface area contributed by atoms with Gasteiger partial charge in [-0.2, -0.15) is 0 Å². The molecule has 3 aliphatic rings. The van der Waals surface area contributed by atoms with Crippen LogP contribution < -0.4 is 15.4 Å². The van der Waals surface area contributed by atoms with Crippen molar-refractivity contribution in [1.29, 1.82) is 0 Å². The van der Waals surface area contributed by atoms with Crippen LogP contribution in [0.25, 0.3) is 0 Å². The Morgan fingerprint density at radius 2 is 2.00 bits per heavy atom. The number of benzene rings is 1. The summed E-state index contributed by atoms with van der Waals surface area (Å²) < 4.78 is 18.7. The van der Waals surface area contributed by atoms with Crippen LogP contribution in [0.15, 0.2) is 42.6 Å². The molecule has 3 fully saturated rings. The smallest absolute Gasteiger partial charge is 0.258 e. The van der Waals surface area contributed by atoms with E-state index in [0.29, 0.717) is 25.8 Å². The molecule has 1 aromatic heterocycles. The number of aryl methyl sites for hydroxylation is 1. The lowest BCUT2D eigenvalue weighted by Gasteiger charge is -2.69. The topological polar surface area (TPSA) is 80.3 Å². The van der Waals surface area contributed by atoms with E-state index in [4.69, 9.17) is 16.3 Å². The summed E-state index contributed by atoms with van der Waals surface area (Å²) in [6.45, 7) is 0.400. The van der Waals surface area contributed by atoms with Crippen molar-refractivity contribution in [2.24, 2.45) is 5.41 Å². The zero-order valence-corrected chi connectivity index (χ0v) is 17.2. The van der Waals surface area contributed by atoms with Crippen LogP contribution in [0.4, 0.5) is 4.39 Å². The number of hydrogen-bond acceptors (Lipinski definition) is 4. The van der Waals surface area contributed by atoms with E-state index in [1.54, 1.807) is 6.20 Å². The summed E-state index contributed by atoms with van der Waals surface area (Å²) in [5, 5.41) is 5.96. The molecule has 0 atom stereocenters. The van der Waals surface area contributed by atoms with E-state index in [0.717, 1.165) is 24.6 Å². The molecule has 0 saturated heterocycles. The Bertz CT molecular complexity index is 934. The molecule has 1 heterocycles. The highest BCUT2D eigenvalue weighted by Crippen LogP contribution is 2.67. The van der Waals surface area contributed by atoms with Crippen LogP contribution in [0.5, 0.6) is 5.75 Å². The van der Waals surface area contributed by atoms with Gasteiger partial charge in [-0.25, -0.2) is 4.39 Å². The van der Waals surface area contributed by atoms with Crippen LogP contribution in [0.1, 0.15) is 31.4 Å². The third kappa shape index (κ3) is 4.26. The quantitative estimate of drug-likeness (QED) is 0.598. The van der Waals surface area contributed by atoms with Crippen molar-refractivity contribution in [3.8, 4) is 5.75 Å². The molecule has 0 radical (unpaired) electrons. The van der Waals surface area contributed by atoms with Crippen molar-refractivity contribution in [2.75, 3.05) is 13.2 Å². The van der Waals surface area contributed by atoms with E-state index >= 15 is 0 Å². The summed E-state index contributed by atoms with van der Waals surface area (Å²) >= 11 is 5.62. The van der Waals surface area contributed by atoms with Crippen LogP contribution >= 0.6 is 11.6 Å². The Kier molecular flexibility index (Phi) is 5.64. The van der Waals surface area contributed by atoms with Crippen molar-refractivity contribution < 1.29 is 18.7 Å². The molecule has 0 spiro atoms.